The van der Waals surface area contributed by atoms with Crippen LogP contribution in [0.15, 0.2) is 0 Å². The summed E-state index contributed by atoms with van der Waals surface area (Å²) in [5, 5.41) is 3.21. The van der Waals surface area contributed by atoms with E-state index in [1.807, 2.05) is 20.8 Å². The first-order valence-electron chi connectivity index (χ1n) is 6.75. The molecule has 0 aromatic carbocycles. The molecule has 1 aliphatic rings. The van der Waals surface area contributed by atoms with Crippen LogP contribution in [0.5, 0.6) is 0 Å². The second-order valence-electron chi connectivity index (χ2n) is 5.18. The molecule has 18 heavy (non-hydrogen) atoms. The lowest BCUT2D eigenvalue weighted by molar-refractivity contribution is 0.116. The van der Waals surface area contributed by atoms with Gasteiger partial charge in [0.05, 0.1) is 12.4 Å². The summed E-state index contributed by atoms with van der Waals surface area (Å²) in [5.41, 5.74) is 0. The van der Waals surface area contributed by atoms with Gasteiger partial charge in [-0.1, -0.05) is 13.8 Å². The highest BCUT2D eigenvalue weighted by Crippen LogP contribution is 2.18. The summed E-state index contributed by atoms with van der Waals surface area (Å²) in [4.78, 5) is 0. The van der Waals surface area contributed by atoms with E-state index in [2.05, 4.69) is 10.0 Å². The topological polar surface area (TPSA) is 67.4 Å². The lowest BCUT2D eigenvalue weighted by Crippen LogP contribution is -2.44. The Morgan fingerprint density at radius 3 is 2.50 bits per heavy atom. The molecule has 0 radical (unpaired) electrons. The summed E-state index contributed by atoms with van der Waals surface area (Å²) in [5.74, 6) is 0.362. The quantitative estimate of drug-likeness (QED) is 0.618. The van der Waals surface area contributed by atoms with Crippen molar-refractivity contribution in [3.63, 3.8) is 0 Å². The van der Waals surface area contributed by atoms with E-state index in [0.717, 1.165) is 0 Å². The van der Waals surface area contributed by atoms with Crippen LogP contribution in [-0.4, -0.2) is 46.0 Å². The molecule has 0 amide bonds. The van der Waals surface area contributed by atoms with Crippen molar-refractivity contribution >= 4 is 10.0 Å². The summed E-state index contributed by atoms with van der Waals surface area (Å²) >= 11 is 0. The number of sulfonamides is 1. The highest BCUT2D eigenvalue weighted by Gasteiger charge is 2.23. The van der Waals surface area contributed by atoms with E-state index in [0.29, 0.717) is 25.8 Å². The normalized spacial score (nSPS) is 18.2. The Hall–Kier alpha value is -0.170. The van der Waals surface area contributed by atoms with Crippen molar-refractivity contribution in [3.05, 3.63) is 0 Å². The van der Waals surface area contributed by atoms with Gasteiger partial charge in [-0.15, -0.1) is 0 Å². The molecule has 0 spiro atoms. The van der Waals surface area contributed by atoms with Gasteiger partial charge < -0.3 is 10.1 Å². The second-order valence-corrected chi connectivity index (χ2v) is 7.05. The van der Waals surface area contributed by atoms with Gasteiger partial charge in [0.1, 0.15) is 0 Å². The molecule has 2 N–H and O–H groups in total. The molecule has 1 aliphatic carbocycles. The second kappa shape index (κ2) is 7.43. The Balaban J connectivity index is 2.33. The Morgan fingerprint density at radius 1 is 1.33 bits per heavy atom. The highest BCUT2D eigenvalue weighted by molar-refractivity contribution is 7.89. The van der Waals surface area contributed by atoms with Gasteiger partial charge in [-0.25, -0.2) is 13.1 Å². The summed E-state index contributed by atoms with van der Waals surface area (Å²) < 4.78 is 31.8. The molecule has 0 aliphatic heterocycles. The molecular formula is C12H26N2O3S. The lowest BCUT2D eigenvalue weighted by Gasteiger charge is -2.22. The molecule has 1 atom stereocenters. The highest BCUT2D eigenvalue weighted by atomic mass is 32.2. The Kier molecular flexibility index (Phi) is 6.55. The molecule has 1 unspecified atom stereocenters. The fraction of sp³-hybridized carbons (Fsp3) is 1.00. The fourth-order valence-corrected chi connectivity index (χ4v) is 2.89. The zero-order chi connectivity index (χ0) is 13.6. The molecular weight excluding hydrogens is 252 g/mol. The number of hydrogen-bond donors (Lipinski definition) is 2. The molecule has 0 heterocycles. The predicted molar refractivity (Wildman–Crippen MR) is 73.1 cm³/mol. The van der Waals surface area contributed by atoms with E-state index in [9.17, 15) is 8.42 Å². The van der Waals surface area contributed by atoms with E-state index >= 15 is 0 Å². The van der Waals surface area contributed by atoms with Gasteiger partial charge in [0.15, 0.2) is 0 Å². The zero-order valence-corrected chi connectivity index (χ0v) is 12.4. The van der Waals surface area contributed by atoms with Gasteiger partial charge in [0.2, 0.25) is 10.0 Å². The molecule has 1 saturated carbocycles. The summed E-state index contributed by atoms with van der Waals surface area (Å²) in [7, 11) is -3.22. The molecule has 0 bridgehead atoms. The monoisotopic (exact) mass is 278 g/mol. The van der Waals surface area contributed by atoms with Crippen LogP contribution >= 0.6 is 0 Å². The van der Waals surface area contributed by atoms with Crippen molar-refractivity contribution in [2.75, 3.05) is 25.5 Å². The van der Waals surface area contributed by atoms with Gasteiger partial charge in [-0.05, 0) is 25.7 Å². The van der Waals surface area contributed by atoms with Crippen LogP contribution in [0.1, 0.15) is 33.6 Å². The first-order valence-corrected chi connectivity index (χ1v) is 8.41. The van der Waals surface area contributed by atoms with Crippen LogP contribution in [0.4, 0.5) is 0 Å². The smallest absolute Gasteiger partial charge is 0.213 e. The lowest BCUT2D eigenvalue weighted by atomic mass is 10.1. The maximum Gasteiger partial charge on any atom is 0.213 e. The number of rotatable bonds is 10. The summed E-state index contributed by atoms with van der Waals surface area (Å²) in [6, 6.07) is 0.403. The number of hydrogen-bond acceptors (Lipinski definition) is 4. The standard InChI is InChI=1S/C12H26N2O3S/c1-4-17-9-12(10(2)3)14-18(15,16)8-7-13-11-5-6-11/h10-14H,4-9H2,1-3H3. The van der Waals surface area contributed by atoms with E-state index in [-0.39, 0.29) is 17.7 Å². The fourth-order valence-electron chi connectivity index (χ4n) is 1.58. The van der Waals surface area contributed by atoms with Gasteiger partial charge >= 0.3 is 0 Å². The van der Waals surface area contributed by atoms with Crippen molar-refractivity contribution in [2.45, 2.75) is 45.7 Å². The van der Waals surface area contributed by atoms with Crippen LogP contribution in [0, 0.1) is 5.92 Å². The molecule has 0 aromatic rings. The van der Waals surface area contributed by atoms with Crippen LogP contribution in [-0.2, 0) is 14.8 Å². The molecule has 108 valence electrons. The van der Waals surface area contributed by atoms with Crippen molar-refractivity contribution in [3.8, 4) is 0 Å². The van der Waals surface area contributed by atoms with Crippen molar-refractivity contribution in [1.29, 1.82) is 0 Å². The summed E-state index contributed by atoms with van der Waals surface area (Å²) in [6.45, 7) is 7.46. The van der Waals surface area contributed by atoms with E-state index in [1.165, 1.54) is 12.8 Å². The summed E-state index contributed by atoms with van der Waals surface area (Å²) in [6.07, 6.45) is 2.35. The third-order valence-electron chi connectivity index (χ3n) is 3.02. The predicted octanol–water partition coefficient (Wildman–Crippen LogP) is 0.719. The molecule has 0 saturated heterocycles. The minimum absolute atomic E-state index is 0.138. The van der Waals surface area contributed by atoms with Gasteiger partial charge in [-0.2, -0.15) is 0 Å². The first kappa shape index (κ1) is 15.9. The Labute approximate surface area is 111 Å². The molecule has 6 heteroatoms. The van der Waals surface area contributed by atoms with Gasteiger partial charge in [0, 0.05) is 25.2 Å². The van der Waals surface area contributed by atoms with Gasteiger partial charge in [0.25, 0.3) is 0 Å². The van der Waals surface area contributed by atoms with Crippen molar-refractivity contribution in [1.82, 2.24) is 10.0 Å². The largest absolute Gasteiger partial charge is 0.380 e. The number of ether oxygens (including phenoxy) is 1. The van der Waals surface area contributed by atoms with Crippen LogP contribution in [0.3, 0.4) is 0 Å². The minimum Gasteiger partial charge on any atom is -0.380 e. The van der Waals surface area contributed by atoms with E-state index in [1.54, 1.807) is 0 Å². The van der Waals surface area contributed by atoms with Crippen molar-refractivity contribution < 1.29 is 13.2 Å². The Morgan fingerprint density at radius 2 is 2.00 bits per heavy atom. The maximum absolute atomic E-state index is 11.9. The minimum atomic E-state index is -3.22. The molecule has 1 rings (SSSR count). The van der Waals surface area contributed by atoms with E-state index < -0.39 is 10.0 Å². The molecule has 5 nitrogen and oxygen atoms in total. The molecule has 1 fully saturated rings. The van der Waals surface area contributed by atoms with Crippen LogP contribution in [0.25, 0.3) is 0 Å². The Bertz CT molecular complexity index is 326. The van der Waals surface area contributed by atoms with Gasteiger partial charge in [-0.3, -0.25) is 0 Å². The zero-order valence-electron chi connectivity index (χ0n) is 11.6. The third-order valence-corrected chi connectivity index (χ3v) is 4.42. The first-order chi connectivity index (χ1) is 8.44. The number of nitrogens with one attached hydrogen (secondary N) is 2. The van der Waals surface area contributed by atoms with E-state index in [4.69, 9.17) is 4.74 Å². The molecule has 0 aromatic heterocycles. The van der Waals surface area contributed by atoms with Crippen molar-refractivity contribution in [2.24, 2.45) is 5.92 Å². The average molecular weight is 278 g/mol. The van der Waals surface area contributed by atoms with Crippen LogP contribution in [0.2, 0.25) is 0 Å². The van der Waals surface area contributed by atoms with Crippen LogP contribution < -0.4 is 10.0 Å². The maximum atomic E-state index is 11.9. The third kappa shape index (κ3) is 6.68. The SMILES string of the molecule is CCOCC(NS(=O)(=O)CCNC1CC1)C(C)C. The average Bonchev–Trinajstić information content (AvgIpc) is 3.07.